The first-order valence-corrected chi connectivity index (χ1v) is 6.61. The fourth-order valence-corrected chi connectivity index (χ4v) is 1.82. The topological polar surface area (TPSA) is 12.0 Å². The first-order chi connectivity index (χ1) is 8.18. The minimum absolute atomic E-state index is 0.793. The van der Waals surface area contributed by atoms with Gasteiger partial charge in [0.25, 0.3) is 0 Å². The zero-order valence-electron chi connectivity index (χ0n) is 11.4. The molecule has 0 bridgehead atoms. The van der Waals surface area contributed by atoms with Crippen LogP contribution in [0.1, 0.15) is 40.0 Å². The lowest BCUT2D eigenvalue weighted by Crippen LogP contribution is -2.06. The van der Waals surface area contributed by atoms with Crippen molar-refractivity contribution in [2.24, 2.45) is 5.92 Å². The summed E-state index contributed by atoms with van der Waals surface area (Å²) < 4.78 is 0. The van der Waals surface area contributed by atoms with E-state index in [4.69, 9.17) is 0 Å². The number of allylic oxidation sites excluding steroid dienone is 2. The largest absolute Gasteiger partial charge is 0.385 e. The number of anilines is 1. The van der Waals surface area contributed by atoms with Crippen LogP contribution in [0.5, 0.6) is 0 Å². The molecule has 94 valence electrons. The molecular formula is C16H25N. The molecule has 0 heterocycles. The van der Waals surface area contributed by atoms with E-state index in [1.54, 1.807) is 0 Å². The zero-order chi connectivity index (χ0) is 12.5. The van der Waals surface area contributed by atoms with Gasteiger partial charge in [0, 0.05) is 12.2 Å². The third-order valence-electron chi connectivity index (χ3n) is 2.95. The molecular weight excluding hydrogens is 206 g/mol. The van der Waals surface area contributed by atoms with Crippen molar-refractivity contribution in [2.45, 2.75) is 40.0 Å². The molecule has 0 aromatic heterocycles. The third kappa shape index (κ3) is 6.83. The highest BCUT2D eigenvalue weighted by molar-refractivity contribution is 5.42. The van der Waals surface area contributed by atoms with Crippen LogP contribution in [-0.2, 0) is 0 Å². The summed E-state index contributed by atoms with van der Waals surface area (Å²) in [4.78, 5) is 0. The first kappa shape index (κ1) is 13.8. The molecule has 1 N–H and O–H groups in total. The van der Waals surface area contributed by atoms with Gasteiger partial charge >= 0.3 is 0 Å². The molecule has 0 saturated heterocycles. The molecule has 0 fully saturated rings. The molecule has 1 heteroatoms. The predicted molar refractivity (Wildman–Crippen MR) is 77.4 cm³/mol. The van der Waals surface area contributed by atoms with Gasteiger partial charge in [-0.2, -0.15) is 0 Å². The number of nitrogens with one attached hydrogen (secondary N) is 1. The van der Waals surface area contributed by atoms with Crippen LogP contribution in [0.3, 0.4) is 0 Å². The van der Waals surface area contributed by atoms with E-state index in [0.717, 1.165) is 12.5 Å². The lowest BCUT2D eigenvalue weighted by atomic mass is 10.0. The van der Waals surface area contributed by atoms with E-state index < -0.39 is 0 Å². The summed E-state index contributed by atoms with van der Waals surface area (Å²) in [6.45, 7) is 7.74. The van der Waals surface area contributed by atoms with Crippen LogP contribution in [0.25, 0.3) is 0 Å². The lowest BCUT2D eigenvalue weighted by Gasteiger charge is -2.11. The second-order valence-electron chi connectivity index (χ2n) is 5.05. The van der Waals surface area contributed by atoms with Crippen LogP contribution < -0.4 is 5.32 Å². The van der Waals surface area contributed by atoms with Crippen LogP contribution in [0, 0.1) is 5.92 Å². The van der Waals surface area contributed by atoms with Gasteiger partial charge in [-0.1, -0.05) is 36.8 Å². The minimum atomic E-state index is 0.793. The Kier molecular flexibility index (Phi) is 6.46. The van der Waals surface area contributed by atoms with Crippen molar-refractivity contribution < 1.29 is 0 Å². The maximum atomic E-state index is 3.46. The molecule has 0 aliphatic heterocycles. The summed E-state index contributed by atoms with van der Waals surface area (Å²) in [6, 6.07) is 10.4. The summed E-state index contributed by atoms with van der Waals surface area (Å²) in [6.07, 6.45) is 6.09. The van der Waals surface area contributed by atoms with Gasteiger partial charge in [-0.15, -0.1) is 0 Å². The summed E-state index contributed by atoms with van der Waals surface area (Å²) >= 11 is 0. The molecule has 17 heavy (non-hydrogen) atoms. The normalized spacial score (nSPS) is 11.9. The fraction of sp³-hybridized carbons (Fsp3) is 0.500. The Hall–Kier alpha value is -1.24. The van der Waals surface area contributed by atoms with E-state index in [1.165, 1.54) is 30.5 Å². The average molecular weight is 231 g/mol. The molecule has 0 amide bonds. The highest BCUT2D eigenvalue weighted by Crippen LogP contribution is 2.12. The van der Waals surface area contributed by atoms with Gasteiger partial charge in [0.2, 0.25) is 0 Å². The molecule has 0 aliphatic rings. The fourth-order valence-electron chi connectivity index (χ4n) is 1.82. The zero-order valence-corrected chi connectivity index (χ0v) is 11.4. The summed E-state index contributed by atoms with van der Waals surface area (Å²) in [5.41, 5.74) is 2.66. The quantitative estimate of drug-likeness (QED) is 0.660. The van der Waals surface area contributed by atoms with E-state index in [1.807, 2.05) is 6.07 Å². The lowest BCUT2D eigenvalue weighted by molar-refractivity contribution is 0.510. The average Bonchev–Trinajstić information content (AvgIpc) is 2.30. The Morgan fingerprint density at radius 2 is 1.88 bits per heavy atom. The Morgan fingerprint density at radius 1 is 1.18 bits per heavy atom. The van der Waals surface area contributed by atoms with Crippen LogP contribution in [0.2, 0.25) is 0 Å². The maximum Gasteiger partial charge on any atom is 0.0340 e. The summed E-state index contributed by atoms with van der Waals surface area (Å²) in [7, 11) is 0. The van der Waals surface area contributed by atoms with Crippen LogP contribution in [0.4, 0.5) is 5.69 Å². The number of para-hydroxylation sites is 1. The molecule has 1 rings (SSSR count). The van der Waals surface area contributed by atoms with Crippen LogP contribution in [-0.4, -0.2) is 6.54 Å². The highest BCUT2D eigenvalue weighted by Gasteiger charge is 2.00. The van der Waals surface area contributed by atoms with Crippen molar-refractivity contribution in [2.75, 3.05) is 11.9 Å². The van der Waals surface area contributed by atoms with Gasteiger partial charge in [0.05, 0.1) is 0 Å². The number of hydrogen-bond donors (Lipinski definition) is 1. The van der Waals surface area contributed by atoms with E-state index >= 15 is 0 Å². The third-order valence-corrected chi connectivity index (χ3v) is 2.95. The molecule has 0 radical (unpaired) electrons. The smallest absolute Gasteiger partial charge is 0.0340 e. The maximum absolute atomic E-state index is 3.46. The van der Waals surface area contributed by atoms with Crippen LogP contribution >= 0.6 is 0 Å². The van der Waals surface area contributed by atoms with Crippen molar-refractivity contribution >= 4 is 5.69 Å². The van der Waals surface area contributed by atoms with Crippen molar-refractivity contribution in [1.29, 1.82) is 0 Å². The summed E-state index contributed by atoms with van der Waals surface area (Å²) in [5, 5.41) is 3.46. The van der Waals surface area contributed by atoms with Gasteiger partial charge in [-0.05, 0) is 51.2 Å². The molecule has 1 nitrogen and oxygen atoms in total. The van der Waals surface area contributed by atoms with Crippen molar-refractivity contribution in [3.8, 4) is 0 Å². The predicted octanol–water partition coefficient (Wildman–Crippen LogP) is 4.87. The van der Waals surface area contributed by atoms with E-state index in [2.05, 4.69) is 56.4 Å². The first-order valence-electron chi connectivity index (χ1n) is 6.61. The van der Waals surface area contributed by atoms with E-state index in [-0.39, 0.29) is 0 Å². The Bertz CT molecular complexity index is 323. The van der Waals surface area contributed by atoms with E-state index in [9.17, 15) is 0 Å². The number of benzene rings is 1. The monoisotopic (exact) mass is 231 g/mol. The van der Waals surface area contributed by atoms with Gasteiger partial charge < -0.3 is 5.32 Å². The molecule has 1 unspecified atom stereocenters. The van der Waals surface area contributed by atoms with Crippen LogP contribution in [0.15, 0.2) is 42.0 Å². The number of rotatable bonds is 7. The Labute approximate surface area is 106 Å². The second kappa shape index (κ2) is 7.94. The van der Waals surface area contributed by atoms with Crippen molar-refractivity contribution in [3.05, 3.63) is 42.0 Å². The molecule has 1 aromatic rings. The number of hydrogen-bond acceptors (Lipinski definition) is 1. The van der Waals surface area contributed by atoms with Gasteiger partial charge in [-0.3, -0.25) is 0 Å². The minimum Gasteiger partial charge on any atom is -0.385 e. The SMILES string of the molecule is CC(C)=CCCC(C)CCNc1ccccc1. The molecule has 0 spiro atoms. The van der Waals surface area contributed by atoms with Gasteiger partial charge in [0.1, 0.15) is 0 Å². The standard InChI is InChI=1S/C16H25N/c1-14(2)8-7-9-15(3)12-13-17-16-10-5-4-6-11-16/h4-6,8,10-11,15,17H,7,9,12-13H2,1-3H3. The molecule has 0 saturated carbocycles. The van der Waals surface area contributed by atoms with Crippen molar-refractivity contribution in [3.63, 3.8) is 0 Å². The summed E-state index contributed by atoms with van der Waals surface area (Å²) in [5.74, 6) is 0.793. The Balaban J connectivity index is 2.12. The van der Waals surface area contributed by atoms with E-state index in [0.29, 0.717) is 0 Å². The van der Waals surface area contributed by atoms with Gasteiger partial charge in [-0.25, -0.2) is 0 Å². The Morgan fingerprint density at radius 3 is 2.53 bits per heavy atom. The second-order valence-corrected chi connectivity index (χ2v) is 5.05. The molecule has 1 aromatic carbocycles. The van der Waals surface area contributed by atoms with Crippen molar-refractivity contribution in [1.82, 2.24) is 0 Å². The molecule has 0 aliphatic carbocycles. The van der Waals surface area contributed by atoms with Gasteiger partial charge in [0.15, 0.2) is 0 Å². The highest BCUT2D eigenvalue weighted by atomic mass is 14.9. The molecule has 1 atom stereocenters.